The first kappa shape index (κ1) is 26.3. The minimum Gasteiger partial charge on any atom is -0.535 e. The molecule has 0 aliphatic rings. The molecular formula is C29H15BF7O2. The maximum absolute atomic E-state index is 14.8. The lowest BCUT2D eigenvalue weighted by Gasteiger charge is -2.35. The number of hydrogen-bond donors (Lipinski definition) is 0. The molecule has 1 radical (unpaired) electrons. The number of hydrogen-bond acceptors (Lipinski definition) is 2. The normalized spacial score (nSPS) is 11.6. The fraction of sp³-hybridized carbons (Fsp3) is 0.0345. The van der Waals surface area contributed by atoms with Crippen LogP contribution in [0.3, 0.4) is 0 Å². The Morgan fingerprint density at radius 2 is 0.795 bits per heavy atom. The molecule has 5 aromatic rings. The van der Waals surface area contributed by atoms with Crippen LogP contribution in [-0.4, -0.2) is 7.69 Å². The molecule has 0 N–H and O–H groups in total. The van der Waals surface area contributed by atoms with Gasteiger partial charge < -0.3 is 9.31 Å². The summed E-state index contributed by atoms with van der Waals surface area (Å²) in [5, 5.41) is -3.14. The maximum atomic E-state index is 14.8. The number of halogens is 7. The largest absolute Gasteiger partial charge is 0.573 e. The first-order valence-corrected chi connectivity index (χ1v) is 11.4. The summed E-state index contributed by atoms with van der Waals surface area (Å²) < 4.78 is 112. The van der Waals surface area contributed by atoms with E-state index in [9.17, 15) is 30.7 Å². The van der Waals surface area contributed by atoms with Crippen molar-refractivity contribution in [3.8, 4) is 5.75 Å². The molecule has 5 aromatic carbocycles. The molecule has 0 saturated heterocycles. The van der Waals surface area contributed by atoms with Crippen LogP contribution >= 0.6 is 0 Å². The second-order valence-electron chi connectivity index (χ2n) is 8.39. The molecule has 2 nitrogen and oxygen atoms in total. The summed E-state index contributed by atoms with van der Waals surface area (Å²) in [4.78, 5) is 0. The van der Waals surface area contributed by atoms with Gasteiger partial charge in [-0.2, -0.15) is 4.39 Å². The molecule has 0 heterocycles. The Hall–Kier alpha value is -4.31. The fourth-order valence-electron chi connectivity index (χ4n) is 4.44. The summed E-state index contributed by atoms with van der Waals surface area (Å²) in [6.07, 6.45) is 0. The molecule has 5 rings (SSSR count). The van der Waals surface area contributed by atoms with Gasteiger partial charge in [0, 0.05) is 0 Å². The molecule has 0 saturated carbocycles. The predicted molar refractivity (Wildman–Crippen MR) is 130 cm³/mol. The van der Waals surface area contributed by atoms with Crippen molar-refractivity contribution in [2.75, 3.05) is 0 Å². The molecule has 0 aliphatic carbocycles. The molecule has 0 unspecified atom stereocenters. The van der Waals surface area contributed by atoms with E-state index in [4.69, 9.17) is 9.31 Å². The average Bonchev–Trinajstić information content (AvgIpc) is 2.98. The van der Waals surface area contributed by atoms with Crippen LogP contribution in [0.1, 0.15) is 16.7 Å². The van der Waals surface area contributed by atoms with E-state index in [1.54, 1.807) is 91.0 Å². The molecule has 0 atom stereocenters. The standard InChI is InChI=1S/C29H15BF7O2/c31-21-19-20(23(33)25(35)24(21)34)28(27(37)26(36)22(19)32)38-30-39-29(16-10-4-1-5-11-16,17-12-6-2-7-13-17)18-14-8-3-9-15-18/h1-15H. The second-order valence-corrected chi connectivity index (χ2v) is 8.39. The van der Waals surface area contributed by atoms with Gasteiger partial charge in [-0.15, -0.1) is 0 Å². The molecule has 195 valence electrons. The first-order valence-electron chi connectivity index (χ1n) is 11.4. The smallest absolute Gasteiger partial charge is 0.535 e. The molecule has 0 aromatic heterocycles. The summed E-state index contributed by atoms with van der Waals surface area (Å²) in [5.74, 6) is -17.3. The van der Waals surface area contributed by atoms with Crippen LogP contribution in [-0.2, 0) is 10.3 Å². The van der Waals surface area contributed by atoms with E-state index in [0.717, 1.165) is 0 Å². The molecule has 0 bridgehead atoms. The Kier molecular flexibility index (Phi) is 7.05. The number of rotatable bonds is 7. The van der Waals surface area contributed by atoms with E-state index in [0.29, 0.717) is 24.4 Å². The van der Waals surface area contributed by atoms with Gasteiger partial charge in [0.2, 0.25) is 5.82 Å². The zero-order valence-electron chi connectivity index (χ0n) is 19.7. The van der Waals surface area contributed by atoms with Gasteiger partial charge in [-0.25, -0.2) is 26.3 Å². The first-order chi connectivity index (χ1) is 18.8. The van der Waals surface area contributed by atoms with Crippen LogP contribution in [0.4, 0.5) is 30.7 Å². The lowest BCUT2D eigenvalue weighted by Crippen LogP contribution is -2.35. The molecule has 0 aliphatic heterocycles. The fourth-order valence-corrected chi connectivity index (χ4v) is 4.44. The molecule has 0 amide bonds. The van der Waals surface area contributed by atoms with Crippen molar-refractivity contribution in [3.63, 3.8) is 0 Å². The minimum absolute atomic E-state index is 0.515. The summed E-state index contributed by atoms with van der Waals surface area (Å²) in [6.45, 7) is 0. The summed E-state index contributed by atoms with van der Waals surface area (Å²) in [6, 6.07) is 26.1. The minimum atomic E-state index is -2.40. The third kappa shape index (κ3) is 4.30. The third-order valence-electron chi connectivity index (χ3n) is 6.23. The van der Waals surface area contributed by atoms with Crippen LogP contribution in [0.2, 0.25) is 0 Å². The zero-order chi connectivity index (χ0) is 27.7. The Bertz CT molecular complexity index is 1550. The Labute approximate surface area is 218 Å². The van der Waals surface area contributed by atoms with Crippen LogP contribution in [0.15, 0.2) is 91.0 Å². The van der Waals surface area contributed by atoms with Gasteiger partial charge in [-0.1, -0.05) is 91.0 Å². The van der Waals surface area contributed by atoms with Crippen molar-refractivity contribution in [2.45, 2.75) is 5.60 Å². The van der Waals surface area contributed by atoms with Gasteiger partial charge in [0.25, 0.3) is 0 Å². The zero-order valence-corrected chi connectivity index (χ0v) is 19.7. The van der Waals surface area contributed by atoms with Gasteiger partial charge in [0.05, 0.1) is 10.8 Å². The monoisotopic (exact) mass is 539 g/mol. The van der Waals surface area contributed by atoms with E-state index >= 15 is 0 Å². The lowest BCUT2D eigenvalue weighted by molar-refractivity contribution is 0.140. The topological polar surface area (TPSA) is 18.5 Å². The van der Waals surface area contributed by atoms with Crippen LogP contribution in [0, 0.1) is 40.7 Å². The molecule has 0 fully saturated rings. The highest BCUT2D eigenvalue weighted by Gasteiger charge is 2.39. The molecular weight excluding hydrogens is 524 g/mol. The highest BCUT2D eigenvalue weighted by Crippen LogP contribution is 2.42. The van der Waals surface area contributed by atoms with E-state index in [1.807, 2.05) is 0 Å². The van der Waals surface area contributed by atoms with E-state index in [-0.39, 0.29) is 0 Å². The van der Waals surface area contributed by atoms with Gasteiger partial charge in [0.15, 0.2) is 40.7 Å². The van der Waals surface area contributed by atoms with Crippen molar-refractivity contribution < 1.29 is 40.0 Å². The SMILES string of the molecule is Fc1c(F)c(F)c2c(O[B]OC(c3ccccc3)(c3ccccc3)c3ccccc3)c(F)c(F)c(F)c2c1F. The van der Waals surface area contributed by atoms with Gasteiger partial charge in [0.1, 0.15) is 5.60 Å². The number of fused-ring (bicyclic) bond motifs is 1. The van der Waals surface area contributed by atoms with Crippen LogP contribution in [0.25, 0.3) is 10.8 Å². The summed E-state index contributed by atoms with van der Waals surface area (Å²) >= 11 is 0. The van der Waals surface area contributed by atoms with Crippen molar-refractivity contribution >= 4 is 18.5 Å². The van der Waals surface area contributed by atoms with Gasteiger partial charge >= 0.3 is 7.69 Å². The maximum Gasteiger partial charge on any atom is 0.573 e. The highest BCUT2D eigenvalue weighted by atomic mass is 19.2. The molecule has 10 heteroatoms. The summed E-state index contributed by atoms with van der Waals surface area (Å²) in [7, 11) is 0.515. The van der Waals surface area contributed by atoms with Crippen molar-refractivity contribution in [3.05, 3.63) is 148 Å². The Balaban J connectivity index is 1.66. The van der Waals surface area contributed by atoms with Gasteiger partial charge in [-0.05, 0) is 16.7 Å². The Morgan fingerprint density at radius 3 is 1.21 bits per heavy atom. The van der Waals surface area contributed by atoms with Gasteiger partial charge in [-0.3, -0.25) is 0 Å². The molecule has 39 heavy (non-hydrogen) atoms. The van der Waals surface area contributed by atoms with Crippen molar-refractivity contribution in [1.29, 1.82) is 0 Å². The third-order valence-corrected chi connectivity index (χ3v) is 6.23. The summed E-state index contributed by atoms with van der Waals surface area (Å²) in [5.41, 5.74) is 0.199. The van der Waals surface area contributed by atoms with Crippen molar-refractivity contribution in [1.82, 2.24) is 0 Å². The lowest BCUT2D eigenvalue weighted by atomic mass is 9.79. The average molecular weight is 539 g/mol. The van der Waals surface area contributed by atoms with E-state index in [2.05, 4.69) is 0 Å². The van der Waals surface area contributed by atoms with E-state index in [1.165, 1.54) is 0 Å². The van der Waals surface area contributed by atoms with Crippen LogP contribution < -0.4 is 4.65 Å². The number of benzene rings is 5. The molecule has 0 spiro atoms. The predicted octanol–water partition coefficient (Wildman–Crippen LogP) is 7.74. The van der Waals surface area contributed by atoms with Crippen LogP contribution in [0.5, 0.6) is 5.75 Å². The Morgan fingerprint density at radius 1 is 0.436 bits per heavy atom. The van der Waals surface area contributed by atoms with E-state index < -0.39 is 62.8 Å². The van der Waals surface area contributed by atoms with Crippen molar-refractivity contribution in [2.24, 2.45) is 0 Å². The second kappa shape index (κ2) is 10.5. The highest BCUT2D eigenvalue weighted by molar-refractivity contribution is 6.20. The quantitative estimate of drug-likeness (QED) is 0.0693.